The Morgan fingerprint density at radius 1 is 0.971 bits per heavy atom. The fourth-order valence-corrected chi connectivity index (χ4v) is 4.97. The molecule has 0 radical (unpaired) electrons. The summed E-state index contributed by atoms with van der Waals surface area (Å²) in [5.41, 5.74) is 3.14. The minimum absolute atomic E-state index is 0.0868. The van der Waals surface area contributed by atoms with Crippen molar-refractivity contribution in [2.75, 3.05) is 23.7 Å². The van der Waals surface area contributed by atoms with E-state index in [1.165, 1.54) is 16.1 Å². The third-order valence-corrected chi connectivity index (χ3v) is 7.24. The maximum atomic E-state index is 12.5. The molecule has 0 bridgehead atoms. The van der Waals surface area contributed by atoms with Crippen molar-refractivity contribution < 1.29 is 17.9 Å². The van der Waals surface area contributed by atoms with Gasteiger partial charge < -0.3 is 10.1 Å². The Morgan fingerprint density at radius 2 is 1.60 bits per heavy atom. The van der Waals surface area contributed by atoms with E-state index in [1.807, 2.05) is 18.2 Å². The lowest BCUT2D eigenvalue weighted by atomic mass is 9.87. The molecule has 0 unspecified atom stereocenters. The summed E-state index contributed by atoms with van der Waals surface area (Å²) in [4.78, 5) is 12.5. The van der Waals surface area contributed by atoms with Gasteiger partial charge in [0.2, 0.25) is 10.0 Å². The Labute approximate surface area is 216 Å². The molecule has 3 aromatic carbocycles. The average Bonchev–Trinajstić information content (AvgIpc) is 2.80. The fourth-order valence-electron chi connectivity index (χ4n) is 3.45. The number of amides is 1. The van der Waals surface area contributed by atoms with E-state index in [1.54, 1.807) is 42.5 Å². The van der Waals surface area contributed by atoms with Crippen molar-refractivity contribution in [2.45, 2.75) is 32.7 Å². The van der Waals surface area contributed by atoms with E-state index >= 15 is 0 Å². The first-order valence-electron chi connectivity index (χ1n) is 11.3. The molecule has 1 N–H and O–H groups in total. The zero-order valence-electron chi connectivity index (χ0n) is 20.4. The van der Waals surface area contributed by atoms with Gasteiger partial charge in [-0.05, 0) is 68.9 Å². The number of hydrogen-bond acceptors (Lipinski definition) is 4. The minimum Gasteiger partial charge on any atom is -0.492 e. The summed E-state index contributed by atoms with van der Waals surface area (Å²) in [5, 5.41) is 2.85. The van der Waals surface area contributed by atoms with E-state index in [0.29, 0.717) is 28.9 Å². The number of carbonyl (C=O) groups excluding carboxylic acids is 1. The van der Waals surface area contributed by atoms with Crippen LogP contribution in [-0.2, 0) is 22.0 Å². The number of nitrogens with one attached hydrogen (secondary N) is 1. The predicted molar refractivity (Wildman–Crippen MR) is 145 cm³/mol. The molecule has 0 spiro atoms. The third kappa shape index (κ3) is 7.57. The second-order valence-corrected chi connectivity index (χ2v) is 12.1. The van der Waals surface area contributed by atoms with Gasteiger partial charge in [-0.25, -0.2) is 8.42 Å². The molecule has 0 saturated heterocycles. The second kappa shape index (κ2) is 11.3. The molecule has 0 fully saturated rings. The molecule has 1 amide bonds. The molecular formula is C27H31BrN2O4S. The van der Waals surface area contributed by atoms with Crippen LogP contribution in [0.25, 0.3) is 0 Å². The van der Waals surface area contributed by atoms with Gasteiger partial charge in [0.25, 0.3) is 5.91 Å². The molecule has 35 heavy (non-hydrogen) atoms. The molecule has 0 heterocycles. The van der Waals surface area contributed by atoms with Gasteiger partial charge in [-0.15, -0.1) is 0 Å². The van der Waals surface area contributed by atoms with E-state index in [0.717, 1.165) is 11.3 Å². The van der Waals surface area contributed by atoms with Gasteiger partial charge in [0.05, 0.1) is 25.0 Å². The predicted octanol–water partition coefficient (Wildman–Crippen LogP) is 5.52. The number of rotatable bonds is 9. The number of nitrogens with zero attached hydrogens (tertiary/aromatic N) is 1. The zero-order valence-corrected chi connectivity index (χ0v) is 22.8. The number of hydrogen-bond donors (Lipinski definition) is 1. The number of sulfonamides is 1. The lowest BCUT2D eigenvalue weighted by molar-refractivity contribution is 0.0947. The summed E-state index contributed by atoms with van der Waals surface area (Å²) in [5.74, 6) is 0.547. The lowest BCUT2D eigenvalue weighted by Crippen LogP contribution is -2.30. The van der Waals surface area contributed by atoms with Crippen molar-refractivity contribution >= 4 is 37.5 Å². The van der Waals surface area contributed by atoms with Crippen molar-refractivity contribution in [2.24, 2.45) is 0 Å². The maximum Gasteiger partial charge on any atom is 0.251 e. The topological polar surface area (TPSA) is 75.7 Å². The van der Waals surface area contributed by atoms with Crippen LogP contribution in [0.3, 0.4) is 0 Å². The van der Waals surface area contributed by atoms with Crippen molar-refractivity contribution in [3.05, 3.63) is 94.0 Å². The van der Waals surface area contributed by atoms with Crippen molar-refractivity contribution in [1.82, 2.24) is 5.32 Å². The molecule has 0 aliphatic heterocycles. The molecule has 186 valence electrons. The molecule has 8 heteroatoms. The summed E-state index contributed by atoms with van der Waals surface area (Å²) in [6.45, 7) is 7.36. The first kappa shape index (κ1) is 26.8. The number of halogens is 1. The summed E-state index contributed by atoms with van der Waals surface area (Å²) in [7, 11) is -3.50. The van der Waals surface area contributed by atoms with Gasteiger partial charge in [-0.1, -0.05) is 57.2 Å². The SMILES string of the molecule is CC(C)(C)c1ccc(OCCNC(=O)c2ccc(CN(c3ccccc3Br)S(C)(=O)=O)cc2)cc1. The van der Waals surface area contributed by atoms with Gasteiger partial charge in [0.1, 0.15) is 12.4 Å². The van der Waals surface area contributed by atoms with E-state index in [2.05, 4.69) is 54.2 Å². The van der Waals surface area contributed by atoms with Crippen molar-refractivity contribution in [3.63, 3.8) is 0 Å². The molecule has 3 rings (SSSR count). The minimum atomic E-state index is -3.50. The highest BCUT2D eigenvalue weighted by molar-refractivity contribution is 9.10. The number of ether oxygens (including phenoxy) is 1. The summed E-state index contributed by atoms with van der Waals surface area (Å²) >= 11 is 3.42. The Kier molecular flexibility index (Phi) is 8.61. The standard InChI is InChI=1S/C27H31BrN2O4S/c1-27(2,3)22-13-15-23(16-14-22)34-18-17-29-26(31)21-11-9-20(10-12-21)19-30(35(4,32)33)25-8-6-5-7-24(25)28/h5-16H,17-19H2,1-4H3,(H,29,31). The van der Waals surface area contributed by atoms with E-state index in [4.69, 9.17) is 4.74 Å². The van der Waals surface area contributed by atoms with Crippen LogP contribution in [-0.4, -0.2) is 33.7 Å². The Morgan fingerprint density at radius 3 is 2.17 bits per heavy atom. The highest BCUT2D eigenvalue weighted by Crippen LogP contribution is 2.29. The quantitative estimate of drug-likeness (QED) is 0.351. The lowest BCUT2D eigenvalue weighted by Gasteiger charge is -2.23. The third-order valence-electron chi connectivity index (χ3n) is 5.44. The van der Waals surface area contributed by atoms with Crippen LogP contribution in [0.15, 0.2) is 77.3 Å². The van der Waals surface area contributed by atoms with Gasteiger partial charge in [-0.2, -0.15) is 0 Å². The highest BCUT2D eigenvalue weighted by Gasteiger charge is 2.20. The highest BCUT2D eigenvalue weighted by atomic mass is 79.9. The van der Waals surface area contributed by atoms with Crippen molar-refractivity contribution in [3.8, 4) is 5.75 Å². The van der Waals surface area contributed by atoms with Gasteiger partial charge in [0, 0.05) is 10.0 Å². The smallest absolute Gasteiger partial charge is 0.251 e. The van der Waals surface area contributed by atoms with Gasteiger partial charge in [-0.3, -0.25) is 9.10 Å². The fraction of sp³-hybridized carbons (Fsp3) is 0.296. The van der Waals surface area contributed by atoms with Crippen LogP contribution in [0.4, 0.5) is 5.69 Å². The summed E-state index contributed by atoms with van der Waals surface area (Å²) in [6, 6.07) is 22.0. The number of benzene rings is 3. The van der Waals surface area contributed by atoms with Crippen LogP contribution in [0.1, 0.15) is 42.3 Å². The van der Waals surface area contributed by atoms with Crippen molar-refractivity contribution in [1.29, 1.82) is 0 Å². The molecule has 6 nitrogen and oxygen atoms in total. The summed E-state index contributed by atoms with van der Waals surface area (Å²) in [6.07, 6.45) is 1.18. The molecule has 3 aromatic rings. The molecule has 0 aliphatic rings. The zero-order chi connectivity index (χ0) is 25.6. The first-order chi connectivity index (χ1) is 16.4. The van der Waals surface area contributed by atoms with Crippen LogP contribution >= 0.6 is 15.9 Å². The second-order valence-electron chi connectivity index (χ2n) is 9.30. The largest absolute Gasteiger partial charge is 0.492 e. The normalized spacial score (nSPS) is 11.7. The number of anilines is 1. The Hall–Kier alpha value is -2.84. The Bertz CT molecular complexity index is 1250. The molecule has 0 saturated carbocycles. The van der Waals surface area contributed by atoms with E-state index < -0.39 is 10.0 Å². The number of carbonyl (C=O) groups is 1. The van der Waals surface area contributed by atoms with Crippen LogP contribution < -0.4 is 14.4 Å². The Balaban J connectivity index is 1.54. The van der Waals surface area contributed by atoms with Crippen LogP contribution in [0, 0.1) is 0 Å². The molecule has 0 atom stereocenters. The van der Waals surface area contributed by atoms with Gasteiger partial charge in [0.15, 0.2) is 0 Å². The molecule has 0 aliphatic carbocycles. The van der Waals surface area contributed by atoms with Crippen LogP contribution in [0.2, 0.25) is 0 Å². The average molecular weight is 560 g/mol. The van der Waals surface area contributed by atoms with E-state index in [-0.39, 0.29) is 17.9 Å². The molecule has 0 aromatic heterocycles. The monoisotopic (exact) mass is 558 g/mol. The van der Waals surface area contributed by atoms with Crippen LogP contribution in [0.5, 0.6) is 5.75 Å². The maximum absolute atomic E-state index is 12.5. The summed E-state index contributed by atoms with van der Waals surface area (Å²) < 4.78 is 32.5. The van der Waals surface area contributed by atoms with Gasteiger partial charge >= 0.3 is 0 Å². The molecular weight excluding hydrogens is 528 g/mol. The first-order valence-corrected chi connectivity index (χ1v) is 13.9. The number of para-hydroxylation sites is 1. The van der Waals surface area contributed by atoms with E-state index in [9.17, 15) is 13.2 Å².